The number of hydrogen-bond donors (Lipinski definition) is 4. The van der Waals surface area contributed by atoms with Crippen molar-refractivity contribution < 1.29 is 5.11 Å². The molecule has 10 heteroatoms. The van der Waals surface area contributed by atoms with Gasteiger partial charge in [-0.15, -0.1) is 0 Å². The molecule has 0 bridgehead atoms. The van der Waals surface area contributed by atoms with Gasteiger partial charge < -0.3 is 10.4 Å². The van der Waals surface area contributed by atoms with E-state index >= 15 is 0 Å². The smallest absolute Gasteiger partial charge is 0.258 e. The zero-order valence-electron chi connectivity index (χ0n) is 11.1. The maximum absolute atomic E-state index is 8.87. The van der Waals surface area contributed by atoms with Gasteiger partial charge in [0.1, 0.15) is 12.7 Å². The van der Waals surface area contributed by atoms with Crippen LogP contribution in [-0.2, 0) is 0 Å². The van der Waals surface area contributed by atoms with Gasteiger partial charge >= 0.3 is 0 Å². The Labute approximate surface area is 115 Å². The van der Waals surface area contributed by atoms with Gasteiger partial charge in [-0.25, -0.2) is 10.8 Å². The van der Waals surface area contributed by atoms with Crippen LogP contribution in [0.1, 0.15) is 13.3 Å². The van der Waals surface area contributed by atoms with E-state index in [0.29, 0.717) is 30.8 Å². The van der Waals surface area contributed by atoms with Gasteiger partial charge in [-0.3, -0.25) is 5.43 Å². The van der Waals surface area contributed by atoms with E-state index in [4.69, 9.17) is 10.9 Å². The fraction of sp³-hybridized carbons (Fsp3) is 0.500. The first-order valence-corrected chi connectivity index (χ1v) is 6.15. The Morgan fingerprint density at radius 2 is 2.15 bits per heavy atom. The number of aliphatic hydroxyl groups excluding tert-OH is 1. The summed E-state index contributed by atoms with van der Waals surface area (Å²) >= 11 is 0. The number of nitrogens with zero attached hydrogens (tertiary/aromatic N) is 6. The van der Waals surface area contributed by atoms with Crippen LogP contribution >= 0.6 is 0 Å². The highest BCUT2D eigenvalue weighted by atomic mass is 16.3. The molecule has 0 aromatic carbocycles. The van der Waals surface area contributed by atoms with Crippen molar-refractivity contribution in [3.8, 4) is 5.95 Å². The van der Waals surface area contributed by atoms with Crippen molar-refractivity contribution >= 4 is 11.9 Å². The number of nitrogens with one attached hydrogen (secondary N) is 2. The standard InChI is InChI=1S/C10H17N9O/c1-7(2-3-20)4-13-8-15-9(18-11)17-10(16-8)19-6-12-5-14-19/h5-7,20H,2-4,11H2,1H3,(H2,13,15,16,17,18). The SMILES string of the molecule is CC(CCO)CNc1nc(NN)nc(-n2cncn2)n1. The zero-order chi connectivity index (χ0) is 14.4. The molecule has 0 saturated carbocycles. The average Bonchev–Trinajstić information content (AvgIpc) is 2.99. The van der Waals surface area contributed by atoms with Gasteiger partial charge in [-0.05, 0) is 12.3 Å². The molecule has 0 aliphatic carbocycles. The van der Waals surface area contributed by atoms with Crippen molar-refractivity contribution in [3.63, 3.8) is 0 Å². The second-order valence-corrected chi connectivity index (χ2v) is 4.27. The first-order valence-electron chi connectivity index (χ1n) is 6.15. The molecule has 1 unspecified atom stereocenters. The molecule has 1 atom stereocenters. The fourth-order valence-electron chi connectivity index (χ4n) is 1.51. The molecule has 20 heavy (non-hydrogen) atoms. The summed E-state index contributed by atoms with van der Waals surface area (Å²) in [5.74, 6) is 6.54. The molecule has 0 radical (unpaired) electrons. The molecule has 2 heterocycles. The minimum atomic E-state index is 0.153. The molecule has 0 spiro atoms. The summed E-state index contributed by atoms with van der Waals surface area (Å²) in [5.41, 5.74) is 2.38. The van der Waals surface area contributed by atoms with E-state index in [1.54, 1.807) is 0 Å². The number of hydrazine groups is 1. The van der Waals surface area contributed by atoms with Crippen LogP contribution in [-0.4, -0.2) is 48.0 Å². The van der Waals surface area contributed by atoms with Crippen molar-refractivity contribution in [2.45, 2.75) is 13.3 Å². The maximum atomic E-state index is 8.87. The van der Waals surface area contributed by atoms with E-state index in [0.717, 1.165) is 0 Å². The van der Waals surface area contributed by atoms with E-state index < -0.39 is 0 Å². The second kappa shape index (κ2) is 6.73. The van der Waals surface area contributed by atoms with Crippen LogP contribution in [0.4, 0.5) is 11.9 Å². The van der Waals surface area contributed by atoms with Gasteiger partial charge in [-0.2, -0.15) is 24.7 Å². The van der Waals surface area contributed by atoms with Crippen molar-refractivity contribution in [2.24, 2.45) is 11.8 Å². The maximum Gasteiger partial charge on any atom is 0.258 e. The van der Waals surface area contributed by atoms with E-state index in [-0.39, 0.29) is 12.6 Å². The highest BCUT2D eigenvalue weighted by Crippen LogP contribution is 2.09. The van der Waals surface area contributed by atoms with Gasteiger partial charge in [0.15, 0.2) is 0 Å². The molecule has 108 valence electrons. The van der Waals surface area contributed by atoms with Crippen LogP contribution in [0.3, 0.4) is 0 Å². The molecular weight excluding hydrogens is 262 g/mol. The lowest BCUT2D eigenvalue weighted by Crippen LogP contribution is -2.18. The summed E-state index contributed by atoms with van der Waals surface area (Å²) in [6, 6.07) is 0. The van der Waals surface area contributed by atoms with Crippen LogP contribution in [0.25, 0.3) is 5.95 Å². The third kappa shape index (κ3) is 3.59. The Kier molecular flexibility index (Phi) is 4.74. The largest absolute Gasteiger partial charge is 0.396 e. The monoisotopic (exact) mass is 279 g/mol. The number of hydrogen-bond acceptors (Lipinski definition) is 9. The van der Waals surface area contributed by atoms with E-state index in [1.807, 2.05) is 6.92 Å². The van der Waals surface area contributed by atoms with Gasteiger partial charge in [0.2, 0.25) is 11.9 Å². The first kappa shape index (κ1) is 14.1. The predicted octanol–water partition coefficient (Wildman–Crippen LogP) is -0.832. The van der Waals surface area contributed by atoms with Crippen molar-refractivity contribution in [2.75, 3.05) is 23.9 Å². The summed E-state index contributed by atoms with van der Waals surface area (Å²) in [5, 5.41) is 15.9. The summed E-state index contributed by atoms with van der Waals surface area (Å²) < 4.78 is 1.41. The number of aromatic nitrogens is 6. The lowest BCUT2D eigenvalue weighted by molar-refractivity contribution is 0.265. The van der Waals surface area contributed by atoms with Gasteiger partial charge in [0.25, 0.3) is 5.95 Å². The predicted molar refractivity (Wildman–Crippen MR) is 71.9 cm³/mol. The molecule has 2 rings (SSSR count). The number of aliphatic hydroxyl groups is 1. The van der Waals surface area contributed by atoms with Crippen LogP contribution in [0.15, 0.2) is 12.7 Å². The van der Waals surface area contributed by atoms with Gasteiger partial charge in [0.05, 0.1) is 0 Å². The van der Waals surface area contributed by atoms with Crippen molar-refractivity contribution in [1.29, 1.82) is 0 Å². The molecule has 0 aliphatic rings. The van der Waals surface area contributed by atoms with E-state index in [9.17, 15) is 0 Å². The van der Waals surface area contributed by atoms with Crippen molar-refractivity contribution in [1.82, 2.24) is 29.7 Å². The lowest BCUT2D eigenvalue weighted by atomic mass is 10.1. The topological polar surface area (TPSA) is 140 Å². The molecule has 5 N–H and O–H groups in total. The zero-order valence-corrected chi connectivity index (χ0v) is 11.1. The Balaban J connectivity index is 2.14. The van der Waals surface area contributed by atoms with Crippen LogP contribution < -0.4 is 16.6 Å². The second-order valence-electron chi connectivity index (χ2n) is 4.27. The van der Waals surface area contributed by atoms with Crippen LogP contribution in [0.5, 0.6) is 0 Å². The Hall–Kier alpha value is -2.33. The van der Waals surface area contributed by atoms with Crippen LogP contribution in [0, 0.1) is 5.92 Å². The van der Waals surface area contributed by atoms with Gasteiger partial charge in [-0.1, -0.05) is 6.92 Å². The molecule has 0 fully saturated rings. The quantitative estimate of drug-likeness (QED) is 0.377. The molecule has 0 saturated heterocycles. The minimum absolute atomic E-state index is 0.153. The minimum Gasteiger partial charge on any atom is -0.396 e. The molecule has 2 aromatic rings. The molecule has 10 nitrogen and oxygen atoms in total. The third-order valence-electron chi connectivity index (χ3n) is 2.61. The Morgan fingerprint density at radius 1 is 1.35 bits per heavy atom. The van der Waals surface area contributed by atoms with Gasteiger partial charge in [0, 0.05) is 13.2 Å². The number of rotatable bonds is 7. The Bertz CT molecular complexity index is 530. The molecule has 2 aromatic heterocycles. The summed E-state index contributed by atoms with van der Waals surface area (Å²) in [7, 11) is 0. The normalized spacial score (nSPS) is 12.2. The summed E-state index contributed by atoms with van der Waals surface area (Å²) in [6.07, 6.45) is 3.57. The number of nitrogen functional groups attached to an aromatic ring is 1. The average molecular weight is 279 g/mol. The molecular formula is C10H17N9O. The highest BCUT2D eigenvalue weighted by molar-refractivity contribution is 5.36. The van der Waals surface area contributed by atoms with Crippen molar-refractivity contribution in [3.05, 3.63) is 12.7 Å². The first-order chi connectivity index (χ1) is 9.72. The number of anilines is 2. The molecule has 0 amide bonds. The van der Waals surface area contributed by atoms with E-state index in [2.05, 4.69) is 35.8 Å². The highest BCUT2D eigenvalue weighted by Gasteiger charge is 2.09. The fourth-order valence-corrected chi connectivity index (χ4v) is 1.51. The molecule has 0 aliphatic heterocycles. The summed E-state index contributed by atoms with van der Waals surface area (Å²) in [4.78, 5) is 16.2. The summed E-state index contributed by atoms with van der Waals surface area (Å²) in [6.45, 7) is 2.80. The number of nitrogens with two attached hydrogens (primary N) is 1. The lowest BCUT2D eigenvalue weighted by Gasteiger charge is -2.12. The Morgan fingerprint density at radius 3 is 2.80 bits per heavy atom. The third-order valence-corrected chi connectivity index (χ3v) is 2.61. The van der Waals surface area contributed by atoms with Crippen LogP contribution in [0.2, 0.25) is 0 Å². The van der Waals surface area contributed by atoms with E-state index in [1.165, 1.54) is 17.3 Å².